The average Bonchev–Trinajstić information content (AvgIpc) is 3.15. The van der Waals surface area contributed by atoms with Crippen molar-refractivity contribution in [2.24, 2.45) is 0 Å². The van der Waals surface area contributed by atoms with Crippen molar-refractivity contribution in [3.8, 4) is 0 Å². The van der Waals surface area contributed by atoms with E-state index < -0.39 is 20.0 Å². The van der Waals surface area contributed by atoms with E-state index in [1.165, 1.54) is 161 Å². The predicted molar refractivity (Wildman–Crippen MR) is 240 cm³/mol. The summed E-state index contributed by atoms with van der Waals surface area (Å²) in [6.45, 7) is 4.87. The summed E-state index contributed by atoms with van der Waals surface area (Å²) in [7, 11) is 1.61. The first-order valence-electron chi connectivity index (χ1n) is 24.1. The van der Waals surface area contributed by atoms with Crippen molar-refractivity contribution < 1.29 is 32.9 Å². The van der Waals surface area contributed by atoms with Crippen molar-refractivity contribution >= 4 is 13.7 Å². The molecule has 1 unspecified atom stereocenters. The van der Waals surface area contributed by atoms with Crippen LogP contribution in [0.25, 0.3) is 0 Å². The molecule has 0 aromatic heterocycles. The Morgan fingerprint density at radius 1 is 0.589 bits per heavy atom. The monoisotopic (exact) mass is 816 g/mol. The van der Waals surface area contributed by atoms with Crippen LogP contribution in [0.15, 0.2) is 12.2 Å². The lowest BCUT2D eigenvalue weighted by atomic mass is 10.0. The molecule has 0 aromatic rings. The number of carbonyl (C=O) groups excluding carboxylic acids is 1. The number of aliphatic hydroxyl groups is 1. The number of hydrogen-bond donors (Lipinski definition) is 3. The third kappa shape index (κ3) is 41.4. The number of rotatable bonds is 44. The van der Waals surface area contributed by atoms with Gasteiger partial charge in [-0.25, -0.2) is 4.57 Å². The Hall–Kier alpha value is -0.760. The molecule has 0 aliphatic rings. The van der Waals surface area contributed by atoms with E-state index in [1.807, 2.05) is 21.1 Å². The van der Waals surface area contributed by atoms with Crippen LogP contribution in [0.3, 0.4) is 0 Å². The second kappa shape index (κ2) is 39.7. The molecule has 0 rings (SSSR count). The van der Waals surface area contributed by atoms with Crippen LogP contribution < -0.4 is 5.32 Å². The lowest BCUT2D eigenvalue weighted by molar-refractivity contribution is -0.870. The number of unbranched alkanes of at least 4 members (excludes halogenated alkanes) is 29. The van der Waals surface area contributed by atoms with Gasteiger partial charge in [0.1, 0.15) is 13.2 Å². The van der Waals surface area contributed by atoms with Crippen LogP contribution in [-0.2, 0) is 18.4 Å². The maximum Gasteiger partial charge on any atom is 0.472 e. The zero-order valence-corrected chi connectivity index (χ0v) is 38.8. The average molecular weight is 816 g/mol. The molecule has 0 heterocycles. The Balaban J connectivity index is 4.16. The number of phosphoric ester groups is 1. The zero-order valence-electron chi connectivity index (χ0n) is 37.9. The zero-order chi connectivity index (χ0) is 41.4. The van der Waals surface area contributed by atoms with Crippen molar-refractivity contribution in [3.05, 3.63) is 12.2 Å². The molecule has 8 nitrogen and oxygen atoms in total. The Bertz CT molecular complexity index is 927. The number of amides is 1. The van der Waals surface area contributed by atoms with Crippen molar-refractivity contribution in [3.63, 3.8) is 0 Å². The van der Waals surface area contributed by atoms with Crippen molar-refractivity contribution in [2.75, 3.05) is 40.9 Å². The summed E-state index contributed by atoms with van der Waals surface area (Å²) in [5.74, 6) is -0.151. The number of carbonyl (C=O) groups is 1. The van der Waals surface area contributed by atoms with Crippen LogP contribution in [0, 0.1) is 0 Å². The summed E-state index contributed by atoms with van der Waals surface area (Å²) < 4.78 is 23.6. The number of quaternary nitrogens is 1. The highest BCUT2D eigenvalue weighted by Gasteiger charge is 2.28. The molecule has 0 fully saturated rings. The molecule has 334 valence electrons. The molecule has 3 N–H and O–H groups in total. The van der Waals surface area contributed by atoms with Gasteiger partial charge in [-0.3, -0.25) is 13.8 Å². The van der Waals surface area contributed by atoms with E-state index in [0.717, 1.165) is 44.9 Å². The van der Waals surface area contributed by atoms with Gasteiger partial charge in [0.2, 0.25) is 5.91 Å². The molecule has 56 heavy (non-hydrogen) atoms. The highest BCUT2D eigenvalue weighted by Crippen LogP contribution is 2.43. The normalized spacial score (nSPS) is 14.3. The van der Waals surface area contributed by atoms with Crippen molar-refractivity contribution in [2.45, 2.75) is 244 Å². The molecule has 0 aliphatic heterocycles. The SMILES string of the molecule is CCCCCCC/C=C/CCCC[C@@H](O)[C@H](COP(=O)(O)OCC[N+](C)(C)C)NC(=O)CCCCCCCCCCCCCCCCCCCCCCCCC. The van der Waals surface area contributed by atoms with Gasteiger partial charge < -0.3 is 19.8 Å². The molecule has 0 bridgehead atoms. The summed E-state index contributed by atoms with van der Waals surface area (Å²) in [6, 6.07) is -0.770. The van der Waals surface area contributed by atoms with Crippen LogP contribution in [0.2, 0.25) is 0 Å². The van der Waals surface area contributed by atoms with Gasteiger partial charge in [0.15, 0.2) is 0 Å². The maximum atomic E-state index is 12.9. The van der Waals surface area contributed by atoms with Crippen molar-refractivity contribution in [1.82, 2.24) is 5.32 Å². The predicted octanol–water partition coefficient (Wildman–Crippen LogP) is 13.5. The van der Waals surface area contributed by atoms with Gasteiger partial charge in [0.05, 0.1) is 39.9 Å². The molecular formula is C47H96N2O6P+. The van der Waals surface area contributed by atoms with Crippen LogP contribution >= 0.6 is 7.82 Å². The van der Waals surface area contributed by atoms with E-state index in [4.69, 9.17) is 9.05 Å². The standard InChI is InChI=1S/C47H95N2O6P/c1-6-8-10-12-14-16-18-19-20-21-22-23-24-25-26-27-28-29-31-33-35-37-39-41-47(51)48-45(44-55-56(52,53)54-43-42-49(3,4)5)46(50)40-38-36-34-32-30-17-15-13-11-9-7-2/h30,32,45-46,50H,6-29,31,33-44H2,1-5H3,(H-,48,51,52,53)/p+1/b32-30+/t45-,46+/m0/s1. The van der Waals surface area contributed by atoms with E-state index in [9.17, 15) is 19.4 Å². The molecule has 0 saturated heterocycles. The van der Waals surface area contributed by atoms with Gasteiger partial charge in [-0.2, -0.15) is 0 Å². The molecule has 0 aromatic carbocycles. The first-order chi connectivity index (χ1) is 27.0. The van der Waals surface area contributed by atoms with Crippen LogP contribution in [0.5, 0.6) is 0 Å². The largest absolute Gasteiger partial charge is 0.472 e. The molecule has 9 heteroatoms. The lowest BCUT2D eigenvalue weighted by Gasteiger charge is -2.26. The lowest BCUT2D eigenvalue weighted by Crippen LogP contribution is -2.46. The van der Waals surface area contributed by atoms with Gasteiger partial charge >= 0.3 is 7.82 Å². The smallest absolute Gasteiger partial charge is 0.391 e. The second-order valence-electron chi connectivity index (χ2n) is 17.8. The minimum Gasteiger partial charge on any atom is -0.391 e. The van der Waals surface area contributed by atoms with Crippen LogP contribution in [-0.4, -0.2) is 73.4 Å². The van der Waals surface area contributed by atoms with Crippen molar-refractivity contribution in [1.29, 1.82) is 0 Å². The van der Waals surface area contributed by atoms with E-state index in [2.05, 4.69) is 31.3 Å². The molecule has 0 saturated carbocycles. The Morgan fingerprint density at radius 3 is 1.38 bits per heavy atom. The van der Waals surface area contributed by atoms with Crippen LogP contribution in [0.4, 0.5) is 0 Å². The molecule has 0 spiro atoms. The van der Waals surface area contributed by atoms with E-state index in [-0.39, 0.29) is 19.1 Å². The molecule has 0 radical (unpaired) electrons. The number of nitrogens with one attached hydrogen (secondary N) is 1. The fourth-order valence-electron chi connectivity index (χ4n) is 7.16. The Labute approximate surface area is 348 Å². The van der Waals surface area contributed by atoms with Gasteiger partial charge in [-0.1, -0.05) is 199 Å². The maximum absolute atomic E-state index is 12.9. The fraction of sp³-hybridized carbons (Fsp3) is 0.936. The van der Waals surface area contributed by atoms with E-state index in [1.54, 1.807) is 0 Å². The summed E-state index contributed by atoms with van der Waals surface area (Å²) in [6.07, 6.45) is 45.4. The third-order valence-corrected chi connectivity index (χ3v) is 12.0. The second-order valence-corrected chi connectivity index (χ2v) is 19.3. The van der Waals surface area contributed by atoms with Gasteiger partial charge in [0, 0.05) is 6.42 Å². The number of likely N-dealkylation sites (N-methyl/N-ethyl adjacent to an activating group) is 1. The topological polar surface area (TPSA) is 105 Å². The molecule has 1 amide bonds. The highest BCUT2D eigenvalue weighted by molar-refractivity contribution is 7.47. The number of nitrogens with zero attached hydrogens (tertiary/aromatic N) is 1. The van der Waals surface area contributed by atoms with Gasteiger partial charge in [0.25, 0.3) is 0 Å². The van der Waals surface area contributed by atoms with Gasteiger partial charge in [-0.15, -0.1) is 0 Å². The van der Waals surface area contributed by atoms with Gasteiger partial charge in [-0.05, 0) is 38.5 Å². The van der Waals surface area contributed by atoms with E-state index >= 15 is 0 Å². The number of hydrogen-bond acceptors (Lipinski definition) is 5. The first kappa shape index (κ1) is 55.2. The fourth-order valence-corrected chi connectivity index (χ4v) is 7.89. The number of aliphatic hydroxyl groups excluding tert-OH is 1. The number of phosphoric acid groups is 1. The van der Waals surface area contributed by atoms with E-state index in [0.29, 0.717) is 23.9 Å². The van der Waals surface area contributed by atoms with Crippen LogP contribution in [0.1, 0.15) is 232 Å². The minimum absolute atomic E-state index is 0.0721. The summed E-state index contributed by atoms with van der Waals surface area (Å²) in [4.78, 5) is 23.1. The summed E-state index contributed by atoms with van der Waals surface area (Å²) in [5, 5.41) is 13.9. The Kier molecular flexibility index (Phi) is 39.1. The first-order valence-corrected chi connectivity index (χ1v) is 25.5. The Morgan fingerprint density at radius 2 is 0.964 bits per heavy atom. The molecule has 0 aliphatic carbocycles. The summed E-state index contributed by atoms with van der Waals surface area (Å²) in [5.41, 5.74) is 0. The third-order valence-electron chi connectivity index (χ3n) is 11.0. The molecular weight excluding hydrogens is 719 g/mol. The summed E-state index contributed by atoms with van der Waals surface area (Å²) >= 11 is 0. The minimum atomic E-state index is -4.31. The number of allylic oxidation sites excluding steroid dienone is 2. The highest BCUT2D eigenvalue weighted by atomic mass is 31.2. The molecule has 3 atom stereocenters. The quantitative estimate of drug-likeness (QED) is 0.0245.